The van der Waals surface area contributed by atoms with Crippen LogP contribution in [0.5, 0.6) is 0 Å². The fourth-order valence-corrected chi connectivity index (χ4v) is 2.35. The molecule has 1 aromatic carbocycles. The highest BCUT2D eigenvalue weighted by Gasteiger charge is 2.16. The van der Waals surface area contributed by atoms with Crippen molar-refractivity contribution in [1.82, 2.24) is 9.62 Å². The normalized spacial score (nSPS) is 11.9. The minimum absolute atomic E-state index is 0. The first-order valence-electron chi connectivity index (χ1n) is 6.43. The van der Waals surface area contributed by atoms with Crippen LogP contribution in [0.15, 0.2) is 46.3 Å². The monoisotopic (exact) mass is 438 g/mol. The Balaban J connectivity index is 0.00000441. The van der Waals surface area contributed by atoms with E-state index in [-0.39, 0.29) is 28.9 Å². The maximum absolute atomic E-state index is 11.9. The third-order valence-electron chi connectivity index (χ3n) is 2.71. The number of hydrogen-bond acceptors (Lipinski definition) is 3. The summed E-state index contributed by atoms with van der Waals surface area (Å²) in [5.74, 6) is 0.336. The van der Waals surface area contributed by atoms with E-state index in [4.69, 9.17) is 5.73 Å². The fourth-order valence-electron chi connectivity index (χ4n) is 1.45. The molecule has 0 spiro atoms. The highest BCUT2D eigenvalue weighted by molar-refractivity contribution is 14.0. The lowest BCUT2D eigenvalue weighted by molar-refractivity contribution is 0.520. The Bertz CT molecular complexity index is 625. The zero-order valence-electron chi connectivity index (χ0n) is 13.0. The lowest BCUT2D eigenvalue weighted by atomic mass is 10.2. The number of sulfonamides is 1. The summed E-state index contributed by atoms with van der Waals surface area (Å²) in [6.45, 7) is 6.62. The van der Waals surface area contributed by atoms with Crippen molar-refractivity contribution in [3.05, 3.63) is 42.0 Å². The second kappa shape index (κ2) is 9.11. The number of hydrogen-bond donors (Lipinski definition) is 2. The maximum Gasteiger partial charge on any atom is 0.242 e. The van der Waals surface area contributed by atoms with Gasteiger partial charge in [0.05, 0.1) is 11.4 Å². The number of nitrogens with one attached hydrogen (secondary N) is 1. The van der Waals surface area contributed by atoms with E-state index in [0.29, 0.717) is 19.0 Å². The van der Waals surface area contributed by atoms with E-state index < -0.39 is 10.0 Å². The number of guanidine groups is 1. The van der Waals surface area contributed by atoms with Crippen LogP contribution in [0.1, 0.15) is 12.5 Å². The van der Waals surface area contributed by atoms with E-state index in [1.54, 1.807) is 24.3 Å². The molecule has 0 saturated carbocycles. The Labute approximate surface area is 149 Å². The molecular formula is C14H23IN4O2S. The second-order valence-corrected chi connectivity index (χ2v) is 7.10. The highest BCUT2D eigenvalue weighted by Crippen LogP contribution is 2.14. The summed E-state index contributed by atoms with van der Waals surface area (Å²) in [6.07, 6.45) is 0. The molecule has 0 radical (unpaired) electrons. The summed E-state index contributed by atoms with van der Waals surface area (Å²) in [4.78, 5) is 4.43. The molecule has 0 bridgehead atoms. The van der Waals surface area contributed by atoms with Crippen molar-refractivity contribution in [2.24, 2.45) is 10.7 Å². The van der Waals surface area contributed by atoms with Crippen molar-refractivity contribution in [1.29, 1.82) is 0 Å². The van der Waals surface area contributed by atoms with E-state index in [2.05, 4.69) is 16.9 Å². The predicted octanol–water partition coefficient (Wildman–Crippen LogP) is 1.54. The van der Waals surface area contributed by atoms with Crippen LogP contribution in [-0.4, -0.2) is 39.3 Å². The predicted molar refractivity (Wildman–Crippen MR) is 101 cm³/mol. The van der Waals surface area contributed by atoms with Crippen LogP contribution in [0.25, 0.3) is 0 Å². The fraction of sp³-hybridized carbons (Fsp3) is 0.357. The van der Waals surface area contributed by atoms with Crippen LogP contribution in [0.4, 0.5) is 0 Å². The number of nitrogens with zero attached hydrogens (tertiary/aromatic N) is 2. The van der Waals surface area contributed by atoms with Crippen molar-refractivity contribution in [3.8, 4) is 0 Å². The van der Waals surface area contributed by atoms with Crippen molar-refractivity contribution in [3.63, 3.8) is 0 Å². The van der Waals surface area contributed by atoms with Gasteiger partial charge in [-0.1, -0.05) is 24.3 Å². The summed E-state index contributed by atoms with van der Waals surface area (Å²) in [5.41, 5.74) is 7.55. The summed E-state index contributed by atoms with van der Waals surface area (Å²) in [6, 6.07) is 6.59. The lowest BCUT2D eigenvalue weighted by Gasteiger charge is -2.11. The first-order valence-corrected chi connectivity index (χ1v) is 7.87. The van der Waals surface area contributed by atoms with Gasteiger partial charge in [-0.25, -0.2) is 17.7 Å². The van der Waals surface area contributed by atoms with E-state index in [0.717, 1.165) is 11.1 Å². The Morgan fingerprint density at radius 2 is 1.86 bits per heavy atom. The number of benzene rings is 1. The van der Waals surface area contributed by atoms with Crippen LogP contribution in [0, 0.1) is 0 Å². The molecule has 0 amide bonds. The molecule has 0 aromatic heterocycles. The lowest BCUT2D eigenvalue weighted by Crippen LogP contribution is -2.32. The molecular weight excluding hydrogens is 415 g/mol. The molecule has 0 saturated heterocycles. The molecule has 0 heterocycles. The number of rotatable bonds is 6. The van der Waals surface area contributed by atoms with Gasteiger partial charge in [0.1, 0.15) is 0 Å². The third kappa shape index (κ3) is 6.32. The molecule has 0 unspecified atom stereocenters. The summed E-state index contributed by atoms with van der Waals surface area (Å²) >= 11 is 0. The quantitative estimate of drug-likeness (QED) is 0.305. The maximum atomic E-state index is 11.9. The van der Waals surface area contributed by atoms with Crippen LogP contribution >= 0.6 is 24.0 Å². The Morgan fingerprint density at radius 3 is 2.32 bits per heavy atom. The topological polar surface area (TPSA) is 87.8 Å². The molecule has 1 aromatic rings. The van der Waals surface area contributed by atoms with Gasteiger partial charge in [-0.05, 0) is 24.6 Å². The SMILES string of the molecule is C=C(C)CNC(N)=NCc1ccc(S(=O)(=O)N(C)C)cc1.I. The summed E-state index contributed by atoms with van der Waals surface area (Å²) in [7, 11) is -0.389. The molecule has 0 fully saturated rings. The molecule has 0 aliphatic carbocycles. The largest absolute Gasteiger partial charge is 0.370 e. The van der Waals surface area contributed by atoms with Crippen molar-refractivity contribution < 1.29 is 8.42 Å². The second-order valence-electron chi connectivity index (χ2n) is 4.94. The third-order valence-corrected chi connectivity index (χ3v) is 4.53. The zero-order chi connectivity index (χ0) is 16.0. The van der Waals surface area contributed by atoms with Crippen molar-refractivity contribution in [2.75, 3.05) is 20.6 Å². The van der Waals surface area contributed by atoms with Gasteiger partial charge >= 0.3 is 0 Å². The number of aliphatic imine (C=N–C) groups is 1. The Morgan fingerprint density at radius 1 is 1.32 bits per heavy atom. The van der Waals surface area contributed by atoms with Gasteiger partial charge in [0, 0.05) is 20.6 Å². The van der Waals surface area contributed by atoms with E-state index in [1.807, 2.05) is 6.92 Å². The Hall–Kier alpha value is -1.13. The van der Waals surface area contributed by atoms with Gasteiger partial charge in [-0.2, -0.15) is 0 Å². The average molecular weight is 438 g/mol. The van der Waals surface area contributed by atoms with E-state index in [1.165, 1.54) is 18.4 Å². The van der Waals surface area contributed by atoms with Gasteiger partial charge in [-0.15, -0.1) is 24.0 Å². The smallest absolute Gasteiger partial charge is 0.242 e. The minimum atomic E-state index is -3.39. The van der Waals surface area contributed by atoms with Crippen LogP contribution in [0.2, 0.25) is 0 Å². The minimum Gasteiger partial charge on any atom is -0.370 e. The highest BCUT2D eigenvalue weighted by atomic mass is 127. The molecule has 3 N–H and O–H groups in total. The molecule has 8 heteroatoms. The molecule has 124 valence electrons. The number of halogens is 1. The van der Waals surface area contributed by atoms with Gasteiger partial charge in [-0.3, -0.25) is 0 Å². The summed E-state index contributed by atoms with van der Waals surface area (Å²) in [5, 5.41) is 2.93. The van der Waals surface area contributed by atoms with Crippen LogP contribution in [-0.2, 0) is 16.6 Å². The van der Waals surface area contributed by atoms with E-state index in [9.17, 15) is 8.42 Å². The first-order chi connectivity index (χ1) is 9.73. The average Bonchev–Trinajstić information content (AvgIpc) is 2.43. The molecule has 22 heavy (non-hydrogen) atoms. The molecule has 6 nitrogen and oxygen atoms in total. The van der Waals surface area contributed by atoms with Gasteiger partial charge < -0.3 is 11.1 Å². The van der Waals surface area contributed by atoms with Gasteiger partial charge in [0.25, 0.3) is 0 Å². The standard InChI is InChI=1S/C14H22N4O2S.HI/c1-11(2)9-16-14(15)17-10-12-5-7-13(8-6-12)21(19,20)18(3)4;/h5-8H,1,9-10H2,2-4H3,(H3,15,16,17);1H. The van der Waals surface area contributed by atoms with Gasteiger partial charge in [0.2, 0.25) is 10.0 Å². The molecule has 0 aliphatic heterocycles. The number of nitrogens with two attached hydrogens (primary N) is 1. The van der Waals surface area contributed by atoms with Crippen molar-refractivity contribution >= 4 is 40.0 Å². The zero-order valence-corrected chi connectivity index (χ0v) is 16.2. The van der Waals surface area contributed by atoms with Crippen LogP contribution < -0.4 is 11.1 Å². The van der Waals surface area contributed by atoms with Gasteiger partial charge in [0.15, 0.2) is 5.96 Å². The van der Waals surface area contributed by atoms with Crippen molar-refractivity contribution in [2.45, 2.75) is 18.4 Å². The molecule has 0 aliphatic rings. The molecule has 1 rings (SSSR count). The van der Waals surface area contributed by atoms with Crippen LogP contribution in [0.3, 0.4) is 0 Å². The Kier molecular flexibility index (Phi) is 8.64. The molecule has 0 atom stereocenters. The summed E-state index contributed by atoms with van der Waals surface area (Å²) < 4.78 is 25.0. The van der Waals surface area contributed by atoms with E-state index >= 15 is 0 Å². The first kappa shape index (κ1) is 20.9.